The highest BCUT2D eigenvalue weighted by Crippen LogP contribution is 2.29. The first-order chi connectivity index (χ1) is 9.47. The number of thiocarbonyl (C=S) groups is 1. The first kappa shape index (κ1) is 15.0. The molecule has 0 saturated heterocycles. The molecule has 0 unspecified atom stereocenters. The van der Waals surface area contributed by atoms with Crippen LogP contribution in [0.2, 0.25) is 0 Å². The van der Waals surface area contributed by atoms with Crippen LogP contribution in [0, 0.1) is 0 Å². The molecule has 0 radical (unpaired) electrons. The Morgan fingerprint density at radius 1 is 1.15 bits per heavy atom. The number of rotatable bonds is 4. The number of benzene rings is 2. The van der Waals surface area contributed by atoms with E-state index in [-0.39, 0.29) is 0 Å². The van der Waals surface area contributed by atoms with E-state index in [0.717, 1.165) is 15.8 Å². The number of hydrogen-bond donors (Lipinski definition) is 1. The number of nitrogens with two attached hydrogens (primary N) is 1. The van der Waals surface area contributed by atoms with E-state index in [9.17, 15) is 0 Å². The lowest BCUT2D eigenvalue weighted by atomic mass is 10.0. The molecule has 0 bridgehead atoms. The van der Waals surface area contributed by atoms with Crippen LogP contribution in [0.5, 0.6) is 11.5 Å². The number of halogens is 1. The third kappa shape index (κ3) is 3.58. The lowest BCUT2D eigenvalue weighted by molar-refractivity contribution is 0.481. The van der Waals surface area contributed by atoms with E-state index in [0.29, 0.717) is 16.7 Å². The lowest BCUT2D eigenvalue weighted by Gasteiger charge is -2.12. The van der Waals surface area contributed by atoms with Gasteiger partial charge < -0.3 is 10.5 Å². The topological polar surface area (TPSA) is 35.2 Å². The molecule has 0 aromatic heterocycles. The molecular weight excluding hydrogens is 334 g/mol. The maximum atomic E-state index is 5.87. The highest BCUT2D eigenvalue weighted by atomic mass is 79.9. The predicted molar refractivity (Wildman–Crippen MR) is 90.6 cm³/mol. The van der Waals surface area contributed by atoms with Gasteiger partial charge in [-0.05, 0) is 41.8 Å². The molecule has 0 saturated carbocycles. The Hall–Kier alpha value is -1.39. The van der Waals surface area contributed by atoms with Crippen LogP contribution in [-0.4, -0.2) is 4.99 Å². The SMILES string of the molecule is CC(C)c1ccc(Oc2ccc(Br)cc2C(N)=S)cc1. The first-order valence-electron chi connectivity index (χ1n) is 6.34. The second kappa shape index (κ2) is 6.37. The molecule has 2 rings (SSSR count). The van der Waals surface area contributed by atoms with E-state index in [4.69, 9.17) is 22.7 Å². The predicted octanol–water partition coefficient (Wildman–Crippen LogP) is 5.00. The van der Waals surface area contributed by atoms with Crippen LogP contribution >= 0.6 is 28.1 Å². The van der Waals surface area contributed by atoms with Gasteiger partial charge in [-0.25, -0.2) is 0 Å². The van der Waals surface area contributed by atoms with Crippen molar-refractivity contribution in [1.82, 2.24) is 0 Å². The summed E-state index contributed by atoms with van der Waals surface area (Å²) in [5.74, 6) is 1.94. The Balaban J connectivity index is 2.28. The van der Waals surface area contributed by atoms with Crippen LogP contribution < -0.4 is 10.5 Å². The fourth-order valence-corrected chi connectivity index (χ4v) is 2.35. The van der Waals surface area contributed by atoms with Gasteiger partial charge in [0.25, 0.3) is 0 Å². The zero-order valence-electron chi connectivity index (χ0n) is 11.4. The molecule has 0 amide bonds. The van der Waals surface area contributed by atoms with Crippen molar-refractivity contribution in [2.45, 2.75) is 19.8 Å². The summed E-state index contributed by atoms with van der Waals surface area (Å²) >= 11 is 8.46. The lowest BCUT2D eigenvalue weighted by Crippen LogP contribution is -2.10. The average Bonchev–Trinajstić information content (AvgIpc) is 2.41. The van der Waals surface area contributed by atoms with Crippen LogP contribution in [0.3, 0.4) is 0 Å². The summed E-state index contributed by atoms with van der Waals surface area (Å²) in [4.78, 5) is 0.320. The van der Waals surface area contributed by atoms with E-state index < -0.39 is 0 Å². The summed E-state index contributed by atoms with van der Waals surface area (Å²) in [6.45, 7) is 4.32. The molecular formula is C16H16BrNOS. The minimum atomic E-state index is 0.320. The monoisotopic (exact) mass is 349 g/mol. The van der Waals surface area contributed by atoms with Crippen molar-refractivity contribution in [2.75, 3.05) is 0 Å². The molecule has 2 N–H and O–H groups in total. The molecule has 2 aromatic rings. The smallest absolute Gasteiger partial charge is 0.137 e. The zero-order chi connectivity index (χ0) is 14.7. The molecule has 20 heavy (non-hydrogen) atoms. The van der Waals surface area contributed by atoms with E-state index in [1.807, 2.05) is 30.3 Å². The molecule has 0 aliphatic carbocycles. The van der Waals surface area contributed by atoms with Crippen molar-refractivity contribution in [3.63, 3.8) is 0 Å². The number of ether oxygens (including phenoxy) is 1. The fraction of sp³-hybridized carbons (Fsp3) is 0.188. The summed E-state index contributed by atoms with van der Waals surface area (Å²) in [5.41, 5.74) is 7.74. The third-order valence-electron chi connectivity index (χ3n) is 2.98. The molecule has 0 spiro atoms. The van der Waals surface area contributed by atoms with Gasteiger partial charge in [0.1, 0.15) is 16.5 Å². The Morgan fingerprint density at radius 2 is 1.80 bits per heavy atom. The fourth-order valence-electron chi connectivity index (χ4n) is 1.83. The summed E-state index contributed by atoms with van der Waals surface area (Å²) in [6, 6.07) is 13.7. The summed E-state index contributed by atoms with van der Waals surface area (Å²) in [6.07, 6.45) is 0. The van der Waals surface area contributed by atoms with Crippen LogP contribution in [0.1, 0.15) is 30.9 Å². The largest absolute Gasteiger partial charge is 0.457 e. The van der Waals surface area contributed by atoms with Crippen LogP contribution in [0.4, 0.5) is 0 Å². The standard InChI is InChI=1S/C16H16BrNOS/c1-10(2)11-3-6-13(7-4-11)19-15-8-5-12(17)9-14(15)16(18)20/h3-10H,1-2H3,(H2,18,20). The Labute approximate surface area is 133 Å². The minimum Gasteiger partial charge on any atom is -0.457 e. The van der Waals surface area contributed by atoms with Gasteiger partial charge >= 0.3 is 0 Å². The van der Waals surface area contributed by atoms with Crippen molar-refractivity contribution in [3.05, 3.63) is 58.1 Å². The Morgan fingerprint density at radius 3 is 2.35 bits per heavy atom. The van der Waals surface area contributed by atoms with E-state index >= 15 is 0 Å². The molecule has 2 nitrogen and oxygen atoms in total. The van der Waals surface area contributed by atoms with Gasteiger partial charge in [0.05, 0.1) is 5.56 Å². The highest BCUT2D eigenvalue weighted by Gasteiger charge is 2.09. The Kier molecular flexibility index (Phi) is 4.78. The number of hydrogen-bond acceptors (Lipinski definition) is 2. The summed E-state index contributed by atoms with van der Waals surface area (Å²) in [7, 11) is 0. The average molecular weight is 350 g/mol. The molecule has 0 aliphatic heterocycles. The van der Waals surface area contributed by atoms with Crippen molar-refractivity contribution in [3.8, 4) is 11.5 Å². The molecule has 0 fully saturated rings. The molecule has 4 heteroatoms. The normalized spacial score (nSPS) is 10.6. The maximum Gasteiger partial charge on any atom is 0.137 e. The van der Waals surface area contributed by atoms with Gasteiger partial charge in [-0.15, -0.1) is 0 Å². The first-order valence-corrected chi connectivity index (χ1v) is 7.54. The molecule has 0 aliphatic rings. The van der Waals surface area contributed by atoms with Crippen LogP contribution in [0.15, 0.2) is 46.9 Å². The van der Waals surface area contributed by atoms with E-state index in [2.05, 4.69) is 41.9 Å². The minimum absolute atomic E-state index is 0.320. The van der Waals surface area contributed by atoms with Gasteiger partial charge in [0.15, 0.2) is 0 Å². The van der Waals surface area contributed by atoms with Gasteiger partial charge in [-0.2, -0.15) is 0 Å². The maximum absolute atomic E-state index is 5.87. The van der Waals surface area contributed by atoms with Gasteiger partial charge in [-0.1, -0.05) is 54.1 Å². The van der Waals surface area contributed by atoms with Crippen LogP contribution in [0.25, 0.3) is 0 Å². The zero-order valence-corrected chi connectivity index (χ0v) is 13.8. The highest BCUT2D eigenvalue weighted by molar-refractivity contribution is 9.10. The Bertz CT molecular complexity index is 623. The quantitative estimate of drug-likeness (QED) is 0.788. The van der Waals surface area contributed by atoms with Gasteiger partial charge in [-0.3, -0.25) is 0 Å². The third-order valence-corrected chi connectivity index (χ3v) is 3.69. The summed E-state index contributed by atoms with van der Waals surface area (Å²) in [5, 5.41) is 0. The van der Waals surface area contributed by atoms with Gasteiger partial charge in [0.2, 0.25) is 0 Å². The van der Waals surface area contributed by atoms with Gasteiger partial charge in [0, 0.05) is 4.47 Å². The van der Waals surface area contributed by atoms with E-state index in [1.54, 1.807) is 0 Å². The van der Waals surface area contributed by atoms with Crippen LogP contribution in [-0.2, 0) is 0 Å². The second-order valence-electron chi connectivity index (χ2n) is 4.83. The molecule has 104 valence electrons. The summed E-state index contributed by atoms with van der Waals surface area (Å²) < 4.78 is 6.79. The molecule has 0 atom stereocenters. The molecule has 2 aromatic carbocycles. The van der Waals surface area contributed by atoms with E-state index in [1.165, 1.54) is 5.56 Å². The van der Waals surface area contributed by atoms with Crippen molar-refractivity contribution in [1.29, 1.82) is 0 Å². The second-order valence-corrected chi connectivity index (χ2v) is 6.19. The van der Waals surface area contributed by atoms with Crippen molar-refractivity contribution < 1.29 is 4.74 Å². The van der Waals surface area contributed by atoms with Crippen molar-refractivity contribution >= 4 is 33.1 Å². The molecule has 0 heterocycles. The van der Waals surface area contributed by atoms with Crippen molar-refractivity contribution in [2.24, 2.45) is 5.73 Å².